The van der Waals surface area contributed by atoms with Crippen LogP contribution < -0.4 is 0 Å². The van der Waals surface area contributed by atoms with E-state index in [2.05, 4.69) is 39.5 Å². The second-order valence-electron chi connectivity index (χ2n) is 6.79. The second-order valence-corrected chi connectivity index (χ2v) is 6.79. The third-order valence-electron chi connectivity index (χ3n) is 3.72. The van der Waals surface area contributed by atoms with Crippen molar-refractivity contribution in [1.29, 1.82) is 0 Å². The van der Waals surface area contributed by atoms with Crippen molar-refractivity contribution in [3.63, 3.8) is 0 Å². The number of rotatable bonds is 10. The van der Waals surface area contributed by atoms with Gasteiger partial charge < -0.3 is 9.47 Å². The van der Waals surface area contributed by atoms with Gasteiger partial charge in [0.05, 0.1) is 0 Å². The van der Waals surface area contributed by atoms with Crippen molar-refractivity contribution < 1.29 is 19.1 Å². The van der Waals surface area contributed by atoms with E-state index in [0.717, 1.165) is 19.3 Å². The number of hydrogen-bond donors (Lipinski definition) is 0. The molecule has 0 aromatic rings. The van der Waals surface area contributed by atoms with Crippen LogP contribution in [0.1, 0.15) is 60.8 Å². The van der Waals surface area contributed by atoms with Gasteiger partial charge in [0, 0.05) is 12.3 Å². The maximum atomic E-state index is 11.8. The first-order valence-corrected chi connectivity index (χ1v) is 8.36. The quantitative estimate of drug-likeness (QED) is 0.426. The monoisotopic (exact) mass is 336 g/mol. The van der Waals surface area contributed by atoms with Gasteiger partial charge in [-0.25, -0.2) is 4.79 Å². The molecule has 2 atom stereocenters. The maximum absolute atomic E-state index is 11.8. The fraction of sp³-hybridized carbons (Fsp3) is 0.600. The number of hydrogen-bond acceptors (Lipinski definition) is 4. The molecule has 136 valence electrons. The van der Waals surface area contributed by atoms with Gasteiger partial charge in [-0.3, -0.25) is 4.79 Å². The summed E-state index contributed by atoms with van der Waals surface area (Å²) >= 11 is 0. The molecule has 0 aliphatic carbocycles. The fourth-order valence-electron chi connectivity index (χ4n) is 1.95. The van der Waals surface area contributed by atoms with Crippen molar-refractivity contribution >= 4 is 11.9 Å². The van der Waals surface area contributed by atoms with E-state index in [1.165, 1.54) is 25.0 Å². The van der Waals surface area contributed by atoms with Gasteiger partial charge in [-0.05, 0) is 47.0 Å². The van der Waals surface area contributed by atoms with Gasteiger partial charge in [-0.15, -0.1) is 6.58 Å². The second kappa shape index (κ2) is 10.8. The maximum Gasteiger partial charge on any atom is 0.347 e. The molecule has 0 aromatic carbocycles. The average molecular weight is 336 g/mol. The normalized spacial score (nSPS) is 15.0. The van der Waals surface area contributed by atoms with E-state index < -0.39 is 18.0 Å². The van der Waals surface area contributed by atoms with Crippen molar-refractivity contribution in [2.45, 2.75) is 66.9 Å². The first kappa shape index (κ1) is 22.2. The van der Waals surface area contributed by atoms with Gasteiger partial charge in [0.15, 0.2) is 6.10 Å². The van der Waals surface area contributed by atoms with Gasteiger partial charge >= 0.3 is 11.9 Å². The highest BCUT2D eigenvalue weighted by molar-refractivity contribution is 5.78. The van der Waals surface area contributed by atoms with Crippen LogP contribution >= 0.6 is 0 Å². The van der Waals surface area contributed by atoms with E-state index in [4.69, 9.17) is 9.47 Å². The molecule has 0 N–H and O–H groups in total. The molecular formula is C20H32O4. The Bertz CT molecular complexity index is 498. The largest absolute Gasteiger partial charge is 0.462 e. The highest BCUT2D eigenvalue weighted by atomic mass is 16.6. The average Bonchev–Trinajstić information content (AvgIpc) is 2.49. The minimum atomic E-state index is -0.891. The minimum Gasteiger partial charge on any atom is -0.462 e. The van der Waals surface area contributed by atoms with Gasteiger partial charge in [0.1, 0.15) is 6.61 Å². The highest BCUT2D eigenvalue weighted by Gasteiger charge is 2.24. The number of carbonyl (C=O) groups is 2. The first-order valence-electron chi connectivity index (χ1n) is 8.36. The van der Waals surface area contributed by atoms with Crippen LogP contribution in [0.3, 0.4) is 0 Å². The molecule has 0 bridgehead atoms. The molecule has 0 rings (SSSR count). The molecule has 0 saturated heterocycles. The molecule has 0 unspecified atom stereocenters. The van der Waals surface area contributed by atoms with Gasteiger partial charge in [-0.1, -0.05) is 36.3 Å². The van der Waals surface area contributed by atoms with Crippen molar-refractivity contribution in [2.75, 3.05) is 6.61 Å². The summed E-state index contributed by atoms with van der Waals surface area (Å²) in [5, 5.41) is 0. The molecule has 4 heteroatoms. The Kier molecular flexibility index (Phi) is 10.0. The van der Waals surface area contributed by atoms with Crippen LogP contribution in [0.4, 0.5) is 0 Å². The van der Waals surface area contributed by atoms with Crippen molar-refractivity contribution in [2.24, 2.45) is 5.41 Å². The lowest BCUT2D eigenvalue weighted by Gasteiger charge is -2.25. The van der Waals surface area contributed by atoms with E-state index >= 15 is 0 Å². The highest BCUT2D eigenvalue weighted by Crippen LogP contribution is 2.25. The molecule has 0 amide bonds. The molecule has 0 aliphatic heterocycles. The Hall–Kier alpha value is -1.84. The molecule has 0 radical (unpaired) electrons. The standard InChI is InChI=1S/C20H32O4/c1-8-20(7,13-12-16(4)11-9-10-15(2)3)14-23-19(22)17(5)24-18(6)21/h8,10,12,17H,1,9,11,13-14H2,2-7H3/b16-12+/t17-,20+/m0/s1. The topological polar surface area (TPSA) is 52.6 Å². The van der Waals surface area contributed by atoms with Gasteiger partial charge in [0.25, 0.3) is 0 Å². The van der Waals surface area contributed by atoms with Crippen LogP contribution in [-0.4, -0.2) is 24.6 Å². The molecule has 24 heavy (non-hydrogen) atoms. The van der Waals surface area contributed by atoms with Gasteiger partial charge in [0.2, 0.25) is 0 Å². The molecule has 0 saturated carbocycles. The van der Waals surface area contributed by atoms with E-state index in [-0.39, 0.29) is 12.0 Å². The number of esters is 2. The van der Waals surface area contributed by atoms with Crippen LogP contribution in [0.15, 0.2) is 36.0 Å². The van der Waals surface area contributed by atoms with Crippen molar-refractivity contribution in [3.8, 4) is 0 Å². The lowest BCUT2D eigenvalue weighted by atomic mass is 9.87. The predicted molar refractivity (Wildman–Crippen MR) is 97.5 cm³/mol. The summed E-state index contributed by atoms with van der Waals surface area (Å²) in [4.78, 5) is 22.7. The summed E-state index contributed by atoms with van der Waals surface area (Å²) in [5.74, 6) is -1.04. The summed E-state index contributed by atoms with van der Waals surface area (Å²) in [6.07, 6.45) is 8.10. The lowest BCUT2D eigenvalue weighted by Crippen LogP contribution is -2.30. The zero-order valence-electron chi connectivity index (χ0n) is 16.0. The van der Waals surface area contributed by atoms with Crippen LogP contribution in [0.2, 0.25) is 0 Å². The molecule has 0 spiro atoms. The lowest BCUT2D eigenvalue weighted by molar-refractivity contribution is -0.166. The summed E-state index contributed by atoms with van der Waals surface area (Å²) < 4.78 is 10.1. The summed E-state index contributed by atoms with van der Waals surface area (Å²) in [6, 6.07) is 0. The van der Waals surface area contributed by atoms with Crippen LogP contribution in [-0.2, 0) is 19.1 Å². The zero-order chi connectivity index (χ0) is 18.8. The van der Waals surface area contributed by atoms with Crippen molar-refractivity contribution in [1.82, 2.24) is 0 Å². The van der Waals surface area contributed by atoms with Crippen LogP contribution in [0.25, 0.3) is 0 Å². The summed E-state index contributed by atoms with van der Waals surface area (Å²) in [7, 11) is 0. The summed E-state index contributed by atoms with van der Waals surface area (Å²) in [5.41, 5.74) is 2.29. The molecule has 4 nitrogen and oxygen atoms in total. The fourth-order valence-corrected chi connectivity index (χ4v) is 1.95. The molecule has 0 aliphatic rings. The number of carbonyl (C=O) groups excluding carboxylic acids is 2. The third kappa shape index (κ3) is 10.0. The predicted octanol–water partition coefficient (Wildman–Crippen LogP) is 4.76. The molecule has 0 fully saturated rings. The number of ether oxygens (including phenoxy) is 2. The summed E-state index contributed by atoms with van der Waals surface area (Å²) in [6.45, 7) is 15.1. The van der Waals surface area contributed by atoms with Crippen LogP contribution in [0.5, 0.6) is 0 Å². The van der Waals surface area contributed by atoms with Crippen molar-refractivity contribution in [3.05, 3.63) is 36.0 Å². The smallest absolute Gasteiger partial charge is 0.347 e. The Morgan fingerprint density at radius 3 is 2.29 bits per heavy atom. The van der Waals surface area contributed by atoms with E-state index in [1.54, 1.807) is 6.08 Å². The minimum absolute atomic E-state index is 0.207. The van der Waals surface area contributed by atoms with E-state index in [9.17, 15) is 9.59 Å². The SMILES string of the molecule is C=C[C@](C)(C/C=C(\C)CCC=C(C)C)COC(=O)[C@H](C)OC(C)=O. The van der Waals surface area contributed by atoms with Crippen LogP contribution in [0, 0.1) is 5.41 Å². The molecule has 0 heterocycles. The van der Waals surface area contributed by atoms with E-state index in [1.807, 2.05) is 6.92 Å². The third-order valence-corrected chi connectivity index (χ3v) is 3.72. The molecule has 0 aromatic heterocycles. The Morgan fingerprint density at radius 1 is 1.17 bits per heavy atom. The van der Waals surface area contributed by atoms with Gasteiger partial charge in [-0.2, -0.15) is 0 Å². The Morgan fingerprint density at radius 2 is 1.79 bits per heavy atom. The first-order chi connectivity index (χ1) is 11.1. The Labute approximate surface area is 146 Å². The Balaban J connectivity index is 4.52. The molecular weight excluding hydrogens is 304 g/mol. The zero-order valence-corrected chi connectivity index (χ0v) is 16.0. The number of allylic oxidation sites excluding steroid dienone is 4. The van der Waals surface area contributed by atoms with E-state index in [0.29, 0.717) is 0 Å².